The number of amides is 2. The molecule has 11 nitrogen and oxygen atoms in total. The van der Waals surface area contributed by atoms with Crippen molar-refractivity contribution in [1.82, 2.24) is 34.9 Å². The van der Waals surface area contributed by atoms with Crippen LogP contribution in [-0.2, 0) is 16.6 Å². The summed E-state index contributed by atoms with van der Waals surface area (Å²) in [6.07, 6.45) is 9.12. The van der Waals surface area contributed by atoms with Crippen LogP contribution in [0, 0.1) is 17.3 Å². The molecular weight excluding hydrogens is 600 g/mol. The summed E-state index contributed by atoms with van der Waals surface area (Å²) in [5.74, 6) is 6.81. The van der Waals surface area contributed by atoms with E-state index in [0.717, 1.165) is 43.1 Å². The molecule has 1 unspecified atom stereocenters. The maximum absolute atomic E-state index is 12.7. The second-order valence-electron chi connectivity index (χ2n) is 12.2. The number of likely N-dealkylation sites (tertiary alicyclic amines) is 1. The van der Waals surface area contributed by atoms with Gasteiger partial charge < -0.3 is 19.9 Å². The van der Waals surface area contributed by atoms with E-state index < -0.39 is 11.7 Å². The number of pyridine rings is 1. The number of carbonyl (C=O) groups is 2. The van der Waals surface area contributed by atoms with Crippen molar-refractivity contribution in [1.29, 1.82) is 0 Å². The summed E-state index contributed by atoms with van der Waals surface area (Å²) in [6.45, 7) is 9.80. The van der Waals surface area contributed by atoms with Crippen molar-refractivity contribution in [2.24, 2.45) is 12.5 Å². The summed E-state index contributed by atoms with van der Waals surface area (Å²) in [4.78, 5) is 43.4. The Hall–Kier alpha value is -3.82. The highest BCUT2D eigenvalue weighted by molar-refractivity contribution is 7.99. The molecule has 2 aliphatic heterocycles. The van der Waals surface area contributed by atoms with E-state index in [1.165, 1.54) is 11.8 Å². The van der Waals surface area contributed by atoms with Crippen LogP contribution in [0.2, 0.25) is 5.02 Å². The lowest BCUT2D eigenvalue weighted by Crippen LogP contribution is -2.62. The van der Waals surface area contributed by atoms with Gasteiger partial charge in [0, 0.05) is 57.4 Å². The van der Waals surface area contributed by atoms with Gasteiger partial charge >= 0.3 is 6.09 Å². The fraction of sp³-hybridized carbons (Fsp3) is 0.484. The van der Waals surface area contributed by atoms with Gasteiger partial charge in [-0.1, -0.05) is 23.4 Å². The van der Waals surface area contributed by atoms with E-state index in [1.54, 1.807) is 30.2 Å². The zero-order valence-electron chi connectivity index (χ0n) is 25.6. The van der Waals surface area contributed by atoms with E-state index in [9.17, 15) is 9.59 Å². The third kappa shape index (κ3) is 7.63. The third-order valence-corrected chi connectivity index (χ3v) is 9.42. The van der Waals surface area contributed by atoms with Gasteiger partial charge in [-0.25, -0.2) is 19.7 Å². The van der Waals surface area contributed by atoms with Crippen molar-refractivity contribution in [3.8, 4) is 11.8 Å². The normalized spacial score (nSPS) is 18.0. The maximum Gasteiger partial charge on any atom is 0.407 e. The predicted octanol–water partition coefficient (Wildman–Crippen LogP) is 4.54. The average Bonchev–Trinajstić information content (AvgIpc) is 3.39. The second-order valence-corrected chi connectivity index (χ2v) is 13.6. The number of nitrogens with zero attached hydrogens (tertiary/aromatic N) is 7. The van der Waals surface area contributed by atoms with Crippen molar-refractivity contribution in [3.05, 3.63) is 53.3 Å². The van der Waals surface area contributed by atoms with Crippen LogP contribution >= 0.6 is 23.4 Å². The fourth-order valence-corrected chi connectivity index (χ4v) is 6.61. The summed E-state index contributed by atoms with van der Waals surface area (Å²) in [5, 5.41) is 8.52. The molecule has 1 atom stereocenters. The van der Waals surface area contributed by atoms with Gasteiger partial charge in [0.1, 0.15) is 27.8 Å². The number of halogens is 1. The first-order chi connectivity index (χ1) is 20.9. The highest BCUT2D eigenvalue weighted by atomic mass is 35.5. The molecule has 0 aromatic carbocycles. The van der Waals surface area contributed by atoms with Crippen LogP contribution in [0.25, 0.3) is 0 Å². The summed E-state index contributed by atoms with van der Waals surface area (Å²) < 4.78 is 7.24. The van der Waals surface area contributed by atoms with Crippen LogP contribution in [0.1, 0.15) is 58.3 Å². The molecule has 0 bridgehead atoms. The molecule has 2 saturated heterocycles. The number of aromatic nitrogens is 5. The number of anilines is 1. The zero-order valence-corrected chi connectivity index (χ0v) is 27.2. The quantitative estimate of drug-likeness (QED) is 0.412. The molecule has 2 fully saturated rings. The number of carbonyl (C=O) groups excluding carboxylic acids is 2. The highest BCUT2D eigenvalue weighted by Crippen LogP contribution is 2.42. The molecule has 0 radical (unpaired) electrons. The Morgan fingerprint density at radius 3 is 2.48 bits per heavy atom. The number of hydrogen-bond acceptors (Lipinski definition) is 9. The predicted molar refractivity (Wildman–Crippen MR) is 168 cm³/mol. The van der Waals surface area contributed by atoms with Crippen LogP contribution < -0.4 is 10.2 Å². The molecule has 0 aliphatic carbocycles. The van der Waals surface area contributed by atoms with Crippen molar-refractivity contribution in [3.63, 3.8) is 0 Å². The molecule has 3 aromatic heterocycles. The van der Waals surface area contributed by atoms with Crippen LogP contribution in [0.15, 0.2) is 46.8 Å². The van der Waals surface area contributed by atoms with Crippen molar-refractivity contribution >= 4 is 41.2 Å². The van der Waals surface area contributed by atoms with E-state index in [1.807, 2.05) is 51.0 Å². The monoisotopic (exact) mass is 636 g/mol. The van der Waals surface area contributed by atoms with Gasteiger partial charge in [-0.3, -0.25) is 9.48 Å². The molecule has 5 heterocycles. The summed E-state index contributed by atoms with van der Waals surface area (Å²) in [6, 6.07) is 3.47. The molecule has 1 N–H and O–H groups in total. The smallest absolute Gasteiger partial charge is 0.407 e. The number of piperidine rings is 2. The largest absolute Gasteiger partial charge is 0.444 e. The van der Waals surface area contributed by atoms with E-state index in [0.29, 0.717) is 34.5 Å². The number of alkyl carbamates (subject to hydrolysis) is 1. The fourth-order valence-electron chi connectivity index (χ4n) is 5.59. The van der Waals surface area contributed by atoms with Gasteiger partial charge in [-0.2, -0.15) is 5.10 Å². The van der Waals surface area contributed by atoms with Gasteiger partial charge in [0.2, 0.25) is 5.91 Å². The van der Waals surface area contributed by atoms with Crippen molar-refractivity contribution in [2.45, 2.75) is 68.5 Å². The molecule has 0 saturated carbocycles. The first kappa shape index (κ1) is 31.6. The van der Waals surface area contributed by atoms with E-state index in [2.05, 4.69) is 37.1 Å². The first-order valence-corrected chi connectivity index (χ1v) is 15.8. The van der Waals surface area contributed by atoms with Crippen molar-refractivity contribution < 1.29 is 14.3 Å². The topological polar surface area (TPSA) is 118 Å². The van der Waals surface area contributed by atoms with E-state index in [4.69, 9.17) is 21.3 Å². The number of nitrogens with one attached hydrogen (secondary N) is 1. The SMILES string of the molecule is CC(=O)N1CCC2(CCN(c3cnc(Sc4ccnc(C#Cc5ccn(C)n5)c4Cl)cn3)CC2)C(NC(=O)OC(C)(C)C)C1. The lowest BCUT2D eigenvalue weighted by atomic mass is 9.68. The standard InChI is InChI=1S/C31H37ClN8O3S/c1-21(41)40-17-12-31(25(20-40)36-29(42)43-30(2,3)4)10-15-39(16-11-31)26-18-35-27(19-34-26)44-24-8-13-33-23(28(24)32)7-6-22-9-14-38(5)37-22/h8-9,13-14,18-19,25H,10-12,15-17,20H2,1-5H3,(H,36,42). The van der Waals surface area contributed by atoms with Crippen molar-refractivity contribution in [2.75, 3.05) is 31.1 Å². The molecule has 2 amide bonds. The molecule has 5 rings (SSSR count). The Bertz CT molecular complexity index is 1570. The molecule has 2 aliphatic rings. The lowest BCUT2D eigenvalue weighted by Gasteiger charge is -2.51. The molecule has 44 heavy (non-hydrogen) atoms. The minimum absolute atomic E-state index is 0.0169. The summed E-state index contributed by atoms with van der Waals surface area (Å²) in [7, 11) is 1.84. The molecule has 3 aromatic rings. The Morgan fingerprint density at radius 1 is 1.09 bits per heavy atom. The number of hydrogen-bond donors (Lipinski definition) is 1. The summed E-state index contributed by atoms with van der Waals surface area (Å²) >= 11 is 8.03. The van der Waals surface area contributed by atoms with Gasteiger partial charge in [-0.15, -0.1) is 0 Å². The Labute approximate surface area is 267 Å². The molecule has 232 valence electrons. The van der Waals surface area contributed by atoms with Crippen LogP contribution in [-0.4, -0.2) is 79.5 Å². The van der Waals surface area contributed by atoms with Gasteiger partial charge in [0.05, 0.1) is 23.5 Å². The first-order valence-electron chi connectivity index (χ1n) is 14.6. The second kappa shape index (κ2) is 13.0. The Balaban J connectivity index is 1.23. The Kier molecular flexibility index (Phi) is 9.37. The number of ether oxygens (including phenoxy) is 1. The number of aryl methyl sites for hydroxylation is 1. The van der Waals surface area contributed by atoms with Gasteiger partial charge in [0.25, 0.3) is 0 Å². The van der Waals surface area contributed by atoms with Crippen LogP contribution in [0.4, 0.5) is 10.6 Å². The number of rotatable bonds is 4. The van der Waals surface area contributed by atoms with Gasteiger partial charge in [0.15, 0.2) is 0 Å². The summed E-state index contributed by atoms with van der Waals surface area (Å²) in [5.41, 5.74) is 0.392. The van der Waals surface area contributed by atoms with Crippen LogP contribution in [0.5, 0.6) is 0 Å². The van der Waals surface area contributed by atoms with Gasteiger partial charge in [-0.05, 0) is 69.4 Å². The molecular formula is C31H37ClN8O3S. The molecule has 1 spiro atoms. The maximum atomic E-state index is 12.7. The highest BCUT2D eigenvalue weighted by Gasteiger charge is 2.46. The van der Waals surface area contributed by atoms with Crippen LogP contribution in [0.3, 0.4) is 0 Å². The lowest BCUT2D eigenvalue weighted by molar-refractivity contribution is -0.132. The third-order valence-electron chi connectivity index (χ3n) is 7.95. The Morgan fingerprint density at radius 2 is 1.84 bits per heavy atom. The zero-order chi connectivity index (χ0) is 31.5. The molecule has 13 heteroatoms. The minimum Gasteiger partial charge on any atom is -0.444 e. The minimum atomic E-state index is -0.599. The average molecular weight is 637 g/mol. The van der Waals surface area contributed by atoms with E-state index >= 15 is 0 Å². The van der Waals surface area contributed by atoms with E-state index in [-0.39, 0.29) is 17.4 Å².